The Labute approximate surface area is 153 Å². The smallest absolute Gasteiger partial charge is 0.340 e. The number of carbonyl (C=O) groups is 2. The number of hydrogen-bond acceptors (Lipinski definition) is 7. The van der Waals surface area contributed by atoms with E-state index in [2.05, 4.69) is 22.1 Å². The van der Waals surface area contributed by atoms with Crippen LogP contribution in [0.1, 0.15) is 34.9 Å². The van der Waals surface area contributed by atoms with E-state index in [0.29, 0.717) is 28.2 Å². The number of esters is 1. The molecule has 2 heterocycles. The largest absolute Gasteiger partial charge is 0.465 e. The normalized spacial score (nSPS) is 13.5. The molecule has 1 N–H and O–H groups in total. The number of ether oxygens (including phenoxy) is 1. The number of aromatic nitrogens is 3. The summed E-state index contributed by atoms with van der Waals surface area (Å²) in [5.74, 6) is 0.944. The van der Waals surface area contributed by atoms with Crippen molar-refractivity contribution in [3.05, 3.63) is 35.5 Å². The van der Waals surface area contributed by atoms with E-state index in [9.17, 15) is 9.59 Å². The highest BCUT2D eigenvalue weighted by Crippen LogP contribution is 2.40. The van der Waals surface area contributed by atoms with Crippen molar-refractivity contribution in [2.75, 3.05) is 18.2 Å². The number of thiophene rings is 1. The fourth-order valence-electron chi connectivity index (χ4n) is 2.32. The molecular formula is C16H18N4O3S2. The van der Waals surface area contributed by atoms with Gasteiger partial charge in [-0.2, -0.15) is 0 Å². The van der Waals surface area contributed by atoms with Crippen LogP contribution in [0, 0.1) is 0 Å². The second kappa shape index (κ2) is 7.83. The number of nitrogens with zero attached hydrogens (tertiary/aromatic N) is 3. The number of anilines is 1. The van der Waals surface area contributed by atoms with Gasteiger partial charge in [-0.1, -0.05) is 17.8 Å². The van der Waals surface area contributed by atoms with Gasteiger partial charge in [0.25, 0.3) is 0 Å². The van der Waals surface area contributed by atoms with Gasteiger partial charge < -0.3 is 14.6 Å². The highest BCUT2D eigenvalue weighted by atomic mass is 32.2. The molecule has 9 heteroatoms. The molecule has 0 unspecified atom stereocenters. The zero-order valence-electron chi connectivity index (χ0n) is 13.7. The summed E-state index contributed by atoms with van der Waals surface area (Å²) >= 11 is 2.60. The maximum Gasteiger partial charge on any atom is 0.340 e. The predicted molar refractivity (Wildman–Crippen MR) is 97.2 cm³/mol. The molecule has 1 aliphatic carbocycles. The molecule has 0 saturated heterocycles. The number of amides is 1. The lowest BCUT2D eigenvalue weighted by Crippen LogP contribution is -2.16. The Kier molecular flexibility index (Phi) is 5.54. The van der Waals surface area contributed by atoms with Gasteiger partial charge in [-0.05, 0) is 24.3 Å². The average molecular weight is 378 g/mol. The predicted octanol–water partition coefficient (Wildman–Crippen LogP) is 2.92. The molecule has 0 atom stereocenters. The Hall–Kier alpha value is -2.13. The quantitative estimate of drug-likeness (QED) is 0.432. The van der Waals surface area contributed by atoms with Crippen LogP contribution in [0.15, 0.2) is 29.3 Å². The van der Waals surface area contributed by atoms with E-state index in [1.807, 2.05) is 4.57 Å². The molecule has 2 aromatic rings. The van der Waals surface area contributed by atoms with Gasteiger partial charge >= 0.3 is 5.97 Å². The van der Waals surface area contributed by atoms with Crippen molar-refractivity contribution in [3.8, 4) is 0 Å². The molecule has 3 rings (SSSR count). The Morgan fingerprint density at radius 3 is 3.00 bits per heavy atom. The Morgan fingerprint density at radius 1 is 1.52 bits per heavy atom. The Bertz CT molecular complexity index is 795. The van der Waals surface area contributed by atoms with E-state index in [-0.39, 0.29) is 11.7 Å². The number of hydrogen-bond donors (Lipinski definition) is 1. The van der Waals surface area contributed by atoms with Crippen molar-refractivity contribution < 1.29 is 14.3 Å². The fourth-order valence-corrected chi connectivity index (χ4v) is 3.87. The molecule has 2 aromatic heterocycles. The summed E-state index contributed by atoms with van der Waals surface area (Å²) < 4.78 is 6.71. The van der Waals surface area contributed by atoms with Crippen LogP contribution in [0.3, 0.4) is 0 Å². The SMILES string of the molecule is C=CCn1c(SCC(=O)Nc2sccc2C(=O)OC)nnc1C1CC1. The van der Waals surface area contributed by atoms with Gasteiger partial charge in [0.05, 0.1) is 18.4 Å². The van der Waals surface area contributed by atoms with Gasteiger partial charge in [0.1, 0.15) is 10.8 Å². The minimum Gasteiger partial charge on any atom is -0.465 e. The summed E-state index contributed by atoms with van der Waals surface area (Å²) in [7, 11) is 1.31. The zero-order valence-corrected chi connectivity index (χ0v) is 15.4. The molecule has 25 heavy (non-hydrogen) atoms. The number of rotatable bonds is 8. The maximum absolute atomic E-state index is 12.2. The van der Waals surface area contributed by atoms with Gasteiger partial charge in [0, 0.05) is 12.5 Å². The van der Waals surface area contributed by atoms with E-state index in [1.54, 1.807) is 17.5 Å². The number of carbonyl (C=O) groups excluding carboxylic acids is 2. The van der Waals surface area contributed by atoms with Crippen molar-refractivity contribution in [1.82, 2.24) is 14.8 Å². The average Bonchev–Trinajstić information content (AvgIpc) is 3.22. The number of methoxy groups -OCH3 is 1. The van der Waals surface area contributed by atoms with Gasteiger partial charge in [-0.15, -0.1) is 28.1 Å². The van der Waals surface area contributed by atoms with Crippen LogP contribution < -0.4 is 5.32 Å². The summed E-state index contributed by atoms with van der Waals surface area (Å²) in [6, 6.07) is 1.63. The topological polar surface area (TPSA) is 86.1 Å². The molecule has 132 valence electrons. The molecule has 7 nitrogen and oxygen atoms in total. The monoisotopic (exact) mass is 378 g/mol. The molecule has 1 fully saturated rings. The molecule has 1 saturated carbocycles. The third-order valence-electron chi connectivity index (χ3n) is 3.66. The van der Waals surface area contributed by atoms with E-state index >= 15 is 0 Å². The third kappa shape index (κ3) is 4.10. The first-order chi connectivity index (χ1) is 12.1. The van der Waals surface area contributed by atoms with Crippen LogP contribution in [0.5, 0.6) is 0 Å². The van der Waals surface area contributed by atoms with Gasteiger partial charge in [0.15, 0.2) is 5.16 Å². The van der Waals surface area contributed by atoms with E-state index in [4.69, 9.17) is 4.74 Å². The van der Waals surface area contributed by atoms with Gasteiger partial charge in [-0.25, -0.2) is 4.79 Å². The first-order valence-electron chi connectivity index (χ1n) is 7.76. The van der Waals surface area contributed by atoms with Crippen LogP contribution in [0.4, 0.5) is 5.00 Å². The highest BCUT2D eigenvalue weighted by Gasteiger charge is 2.30. The van der Waals surface area contributed by atoms with Gasteiger partial charge in [0.2, 0.25) is 5.91 Å². The lowest BCUT2D eigenvalue weighted by atomic mass is 10.3. The summed E-state index contributed by atoms with van der Waals surface area (Å²) in [6.07, 6.45) is 4.07. The first-order valence-corrected chi connectivity index (χ1v) is 9.63. The van der Waals surface area contributed by atoms with Crippen molar-refractivity contribution in [3.63, 3.8) is 0 Å². The fraction of sp³-hybridized carbons (Fsp3) is 0.375. The molecule has 0 bridgehead atoms. The minimum atomic E-state index is -0.469. The molecule has 1 aliphatic rings. The molecular weight excluding hydrogens is 360 g/mol. The van der Waals surface area contributed by atoms with Crippen LogP contribution in [-0.4, -0.2) is 39.5 Å². The Morgan fingerprint density at radius 2 is 2.32 bits per heavy atom. The lowest BCUT2D eigenvalue weighted by molar-refractivity contribution is -0.113. The molecule has 0 aromatic carbocycles. The van der Waals surface area contributed by atoms with Crippen LogP contribution in [-0.2, 0) is 16.1 Å². The summed E-state index contributed by atoms with van der Waals surface area (Å²) in [5.41, 5.74) is 0.358. The molecule has 1 amide bonds. The number of thioether (sulfide) groups is 1. The molecule has 0 radical (unpaired) electrons. The summed E-state index contributed by atoms with van der Waals surface area (Å²) in [4.78, 5) is 23.9. The second-order valence-electron chi connectivity index (χ2n) is 5.51. The number of allylic oxidation sites excluding steroid dienone is 1. The summed E-state index contributed by atoms with van der Waals surface area (Å²) in [5, 5.41) is 14.1. The van der Waals surface area contributed by atoms with Crippen LogP contribution >= 0.6 is 23.1 Å². The van der Waals surface area contributed by atoms with Crippen molar-refractivity contribution in [2.45, 2.75) is 30.5 Å². The van der Waals surface area contributed by atoms with Crippen LogP contribution in [0.2, 0.25) is 0 Å². The van der Waals surface area contributed by atoms with E-state index < -0.39 is 5.97 Å². The third-order valence-corrected chi connectivity index (χ3v) is 5.45. The first kappa shape index (κ1) is 17.7. The standard InChI is InChI=1S/C16H18N4O3S2/c1-3-7-20-13(10-4-5-10)18-19-16(20)25-9-12(21)17-14-11(6-8-24-14)15(22)23-2/h3,6,8,10H,1,4-5,7,9H2,2H3,(H,17,21). The highest BCUT2D eigenvalue weighted by molar-refractivity contribution is 7.99. The zero-order chi connectivity index (χ0) is 17.8. The van der Waals surface area contributed by atoms with Crippen molar-refractivity contribution in [2.24, 2.45) is 0 Å². The van der Waals surface area contributed by atoms with Crippen molar-refractivity contribution >= 4 is 40.0 Å². The van der Waals surface area contributed by atoms with Gasteiger partial charge in [-0.3, -0.25) is 4.79 Å². The van der Waals surface area contributed by atoms with E-state index in [0.717, 1.165) is 18.7 Å². The maximum atomic E-state index is 12.2. The van der Waals surface area contributed by atoms with Crippen LogP contribution in [0.25, 0.3) is 0 Å². The molecule has 0 spiro atoms. The Balaban J connectivity index is 1.62. The second-order valence-corrected chi connectivity index (χ2v) is 7.36. The lowest BCUT2D eigenvalue weighted by Gasteiger charge is -2.07. The minimum absolute atomic E-state index is 0.179. The molecule has 0 aliphatic heterocycles. The summed E-state index contributed by atoms with van der Waals surface area (Å²) in [6.45, 7) is 4.39. The van der Waals surface area contributed by atoms with Crippen molar-refractivity contribution in [1.29, 1.82) is 0 Å². The number of nitrogens with one attached hydrogen (secondary N) is 1. The van der Waals surface area contributed by atoms with E-state index in [1.165, 1.54) is 30.2 Å².